The molecule has 5 heteroatoms. The predicted octanol–water partition coefficient (Wildman–Crippen LogP) is 1.61. The number of hydrogen-bond acceptors (Lipinski definition) is 5. The maximum atomic E-state index is 5.83. The molecule has 0 spiro atoms. The molecule has 0 aliphatic carbocycles. The van der Waals surface area contributed by atoms with Gasteiger partial charge in [0.25, 0.3) is 0 Å². The third kappa shape index (κ3) is 2.53. The monoisotopic (exact) mass is 239 g/mol. The molecule has 2 N–H and O–H groups in total. The maximum Gasteiger partial charge on any atom is 0.158 e. The smallest absolute Gasteiger partial charge is 0.158 e. The molecule has 0 bridgehead atoms. The molecule has 0 radical (unpaired) electrons. The van der Waals surface area contributed by atoms with Gasteiger partial charge in [-0.05, 0) is 13.8 Å². The molecular weight excluding hydrogens is 222 g/mol. The topological polar surface area (TPSA) is 61.0 Å². The number of aryl methyl sites for hydroxylation is 1. The fourth-order valence-electron chi connectivity index (χ4n) is 1.73. The Morgan fingerprint density at radius 2 is 2.44 bits per heavy atom. The molecule has 4 nitrogen and oxygen atoms in total. The molecule has 1 aromatic heterocycles. The molecule has 2 atom stereocenters. The summed E-state index contributed by atoms with van der Waals surface area (Å²) < 4.78 is 5.64. The molecule has 0 aromatic carbocycles. The van der Waals surface area contributed by atoms with E-state index in [1.807, 2.05) is 31.8 Å². The van der Waals surface area contributed by atoms with Crippen LogP contribution in [0.5, 0.6) is 0 Å². The average molecular weight is 239 g/mol. The summed E-state index contributed by atoms with van der Waals surface area (Å²) in [5, 5.41) is 0. The molecule has 1 aliphatic heterocycles. The Morgan fingerprint density at radius 1 is 1.62 bits per heavy atom. The van der Waals surface area contributed by atoms with Crippen LogP contribution in [-0.2, 0) is 4.74 Å². The first-order valence-electron chi connectivity index (χ1n) is 5.47. The fraction of sp³-hybridized carbons (Fsp3) is 0.636. The second-order valence-electron chi connectivity index (χ2n) is 3.99. The van der Waals surface area contributed by atoms with Gasteiger partial charge < -0.3 is 10.5 Å². The van der Waals surface area contributed by atoms with Crippen molar-refractivity contribution in [3.63, 3.8) is 0 Å². The van der Waals surface area contributed by atoms with E-state index in [2.05, 4.69) is 9.97 Å². The van der Waals surface area contributed by atoms with E-state index in [4.69, 9.17) is 10.5 Å². The molecule has 1 unspecified atom stereocenters. The van der Waals surface area contributed by atoms with Crippen molar-refractivity contribution in [2.75, 3.05) is 18.1 Å². The lowest BCUT2D eigenvalue weighted by Gasteiger charge is -2.21. The van der Waals surface area contributed by atoms with Crippen molar-refractivity contribution >= 4 is 11.8 Å². The average Bonchev–Trinajstić information content (AvgIpc) is 2.29. The summed E-state index contributed by atoms with van der Waals surface area (Å²) in [6.07, 6.45) is 1.87. The van der Waals surface area contributed by atoms with Crippen LogP contribution in [0.4, 0.5) is 0 Å². The number of nitrogens with zero attached hydrogens (tertiary/aromatic N) is 2. The summed E-state index contributed by atoms with van der Waals surface area (Å²) >= 11 is 1.88. The third-order valence-electron chi connectivity index (χ3n) is 2.63. The van der Waals surface area contributed by atoms with Crippen molar-refractivity contribution in [1.29, 1.82) is 0 Å². The van der Waals surface area contributed by atoms with Gasteiger partial charge in [-0.15, -0.1) is 0 Å². The number of hydrogen-bond donors (Lipinski definition) is 1. The number of rotatable bonds is 2. The van der Waals surface area contributed by atoms with Crippen LogP contribution < -0.4 is 5.73 Å². The van der Waals surface area contributed by atoms with Gasteiger partial charge in [-0.2, -0.15) is 11.8 Å². The molecule has 0 saturated carbocycles. The van der Waals surface area contributed by atoms with Crippen molar-refractivity contribution in [2.45, 2.75) is 26.0 Å². The van der Waals surface area contributed by atoms with Gasteiger partial charge in [0.05, 0.1) is 6.61 Å². The summed E-state index contributed by atoms with van der Waals surface area (Å²) in [7, 11) is 0. The Morgan fingerprint density at radius 3 is 3.00 bits per heavy atom. The van der Waals surface area contributed by atoms with Gasteiger partial charge >= 0.3 is 0 Å². The van der Waals surface area contributed by atoms with Crippen LogP contribution in [0.3, 0.4) is 0 Å². The van der Waals surface area contributed by atoms with E-state index in [1.165, 1.54) is 0 Å². The highest BCUT2D eigenvalue weighted by Crippen LogP contribution is 2.25. The van der Waals surface area contributed by atoms with Crippen LogP contribution in [0.1, 0.15) is 36.2 Å². The minimum absolute atomic E-state index is 0.0179. The highest BCUT2D eigenvalue weighted by atomic mass is 32.2. The Hall–Kier alpha value is -0.650. The molecule has 0 amide bonds. The molecule has 1 fully saturated rings. The van der Waals surface area contributed by atoms with E-state index < -0.39 is 0 Å². The van der Waals surface area contributed by atoms with Gasteiger partial charge in [-0.25, -0.2) is 9.97 Å². The number of aromatic nitrogens is 2. The van der Waals surface area contributed by atoms with Gasteiger partial charge in [0, 0.05) is 35.0 Å². The van der Waals surface area contributed by atoms with Gasteiger partial charge in [-0.3, -0.25) is 0 Å². The summed E-state index contributed by atoms with van der Waals surface area (Å²) in [6.45, 7) is 4.70. The number of ether oxygens (including phenoxy) is 1. The van der Waals surface area contributed by atoms with E-state index in [9.17, 15) is 0 Å². The lowest BCUT2D eigenvalue weighted by molar-refractivity contribution is 0.0692. The Kier molecular flexibility index (Phi) is 3.78. The third-order valence-corrected chi connectivity index (χ3v) is 3.62. The summed E-state index contributed by atoms with van der Waals surface area (Å²) in [5.41, 5.74) is 7.79. The highest BCUT2D eigenvalue weighted by molar-refractivity contribution is 7.99. The van der Waals surface area contributed by atoms with Crippen LogP contribution in [0.2, 0.25) is 0 Å². The Bertz CT molecular complexity index is 364. The quantitative estimate of drug-likeness (QED) is 0.849. The zero-order chi connectivity index (χ0) is 11.5. The van der Waals surface area contributed by atoms with Crippen molar-refractivity contribution in [3.05, 3.63) is 23.3 Å². The second kappa shape index (κ2) is 5.12. The lowest BCUT2D eigenvalue weighted by atomic mass is 10.1. The number of thioether (sulfide) groups is 1. The first-order valence-corrected chi connectivity index (χ1v) is 6.62. The minimum atomic E-state index is -0.0179. The van der Waals surface area contributed by atoms with Gasteiger partial charge in [0.15, 0.2) is 5.82 Å². The molecule has 1 saturated heterocycles. The van der Waals surface area contributed by atoms with Crippen LogP contribution in [0, 0.1) is 6.92 Å². The Balaban J connectivity index is 2.19. The number of nitrogens with two attached hydrogens (primary N) is 1. The summed E-state index contributed by atoms with van der Waals surface area (Å²) in [4.78, 5) is 8.84. The van der Waals surface area contributed by atoms with E-state index in [0.717, 1.165) is 35.2 Å². The summed E-state index contributed by atoms with van der Waals surface area (Å²) in [5.74, 6) is 2.79. The molecule has 1 aliphatic rings. The fourth-order valence-corrected chi connectivity index (χ4v) is 2.57. The predicted molar refractivity (Wildman–Crippen MR) is 65.4 cm³/mol. The van der Waals surface area contributed by atoms with Gasteiger partial charge in [0.2, 0.25) is 0 Å². The van der Waals surface area contributed by atoms with Crippen molar-refractivity contribution in [2.24, 2.45) is 5.73 Å². The second-order valence-corrected chi connectivity index (χ2v) is 5.14. The molecule has 2 rings (SSSR count). The lowest BCUT2D eigenvalue weighted by Crippen LogP contribution is -2.19. The van der Waals surface area contributed by atoms with Crippen molar-refractivity contribution < 1.29 is 4.74 Å². The van der Waals surface area contributed by atoms with Crippen molar-refractivity contribution in [1.82, 2.24) is 9.97 Å². The first-order chi connectivity index (χ1) is 7.68. The largest absolute Gasteiger partial charge is 0.368 e. The van der Waals surface area contributed by atoms with Gasteiger partial charge in [0.1, 0.15) is 6.10 Å². The SMILES string of the molecule is Cc1nc(C2CSCCO2)ncc1[C@@H](C)N. The Labute approximate surface area is 100.0 Å². The van der Waals surface area contributed by atoms with E-state index in [0.29, 0.717) is 0 Å². The molecular formula is C11H17N3OS. The molecule has 88 valence electrons. The van der Waals surface area contributed by atoms with Crippen molar-refractivity contribution in [3.8, 4) is 0 Å². The van der Waals surface area contributed by atoms with E-state index in [1.54, 1.807) is 0 Å². The van der Waals surface area contributed by atoms with Crippen LogP contribution in [0.15, 0.2) is 6.20 Å². The highest BCUT2D eigenvalue weighted by Gasteiger charge is 2.20. The van der Waals surface area contributed by atoms with E-state index in [-0.39, 0.29) is 12.1 Å². The minimum Gasteiger partial charge on any atom is -0.368 e. The van der Waals surface area contributed by atoms with Crippen LogP contribution in [0.25, 0.3) is 0 Å². The first kappa shape index (κ1) is 11.8. The summed E-state index contributed by atoms with van der Waals surface area (Å²) in [6, 6.07) is -0.0179. The molecule has 2 heterocycles. The van der Waals surface area contributed by atoms with Crippen LogP contribution >= 0.6 is 11.8 Å². The molecule has 1 aromatic rings. The maximum absolute atomic E-state index is 5.83. The van der Waals surface area contributed by atoms with E-state index >= 15 is 0 Å². The molecule has 16 heavy (non-hydrogen) atoms. The standard InChI is InChI=1S/C11H17N3OS/c1-7(12)9-5-13-11(14-8(9)2)10-6-16-4-3-15-10/h5,7,10H,3-4,6,12H2,1-2H3/t7-,10?/m1/s1. The normalized spacial score (nSPS) is 23.1. The zero-order valence-corrected chi connectivity index (χ0v) is 10.5. The van der Waals surface area contributed by atoms with Crippen LogP contribution in [-0.4, -0.2) is 28.1 Å². The zero-order valence-electron chi connectivity index (χ0n) is 9.64. The van der Waals surface area contributed by atoms with Gasteiger partial charge in [-0.1, -0.05) is 0 Å².